The second-order valence-electron chi connectivity index (χ2n) is 5.70. The highest BCUT2D eigenvalue weighted by Crippen LogP contribution is 2.25. The van der Waals surface area contributed by atoms with Crippen molar-refractivity contribution in [2.75, 3.05) is 5.73 Å². The first-order chi connectivity index (χ1) is 10.5. The van der Waals surface area contributed by atoms with Gasteiger partial charge in [0.1, 0.15) is 0 Å². The minimum atomic E-state index is 0.480. The molecule has 0 saturated heterocycles. The lowest BCUT2D eigenvalue weighted by atomic mass is 10.0. The van der Waals surface area contributed by atoms with E-state index in [1.54, 1.807) is 0 Å². The first-order valence-electron chi connectivity index (χ1n) is 7.48. The summed E-state index contributed by atoms with van der Waals surface area (Å²) in [7, 11) is 0. The van der Waals surface area contributed by atoms with Gasteiger partial charge in [0.05, 0.1) is 10.8 Å². The number of nitrogen functional groups attached to an aromatic ring is 1. The maximum Gasteiger partial charge on any atom is 0.0774 e. The minimum Gasteiger partial charge on any atom is -0.398 e. The molecule has 2 N–H and O–H groups in total. The molecule has 0 aliphatic heterocycles. The topological polar surface area (TPSA) is 38.4 Å². The summed E-state index contributed by atoms with van der Waals surface area (Å²) in [6, 6.07) is 16.0. The zero-order chi connectivity index (χ0) is 16.5. The van der Waals surface area contributed by atoms with Crippen molar-refractivity contribution in [2.45, 2.75) is 39.5 Å². The van der Waals surface area contributed by atoms with Crippen molar-refractivity contribution < 1.29 is 0 Å². The molecule has 2 rings (SSSR count). The van der Waals surface area contributed by atoms with E-state index in [9.17, 15) is 0 Å². The molecule has 2 aromatic carbocycles. The van der Waals surface area contributed by atoms with E-state index < -0.39 is 0 Å². The smallest absolute Gasteiger partial charge is 0.0774 e. The molecule has 2 nitrogen and oxygen atoms in total. The molecule has 0 fully saturated rings. The van der Waals surface area contributed by atoms with Crippen molar-refractivity contribution in [1.82, 2.24) is 0 Å². The lowest BCUT2D eigenvalue weighted by Crippen LogP contribution is -1.94. The Bertz CT molecular complexity index is 641. The van der Waals surface area contributed by atoms with Crippen LogP contribution in [0.5, 0.6) is 0 Å². The number of isothiocyanates is 1. The number of anilines is 1. The Hall–Kier alpha value is -1.96. The summed E-state index contributed by atoms with van der Waals surface area (Å²) in [6.07, 6.45) is 0. The Labute approximate surface area is 139 Å². The molecule has 0 saturated carbocycles. The third-order valence-electron chi connectivity index (χ3n) is 3.34. The Morgan fingerprint density at radius 1 is 0.864 bits per heavy atom. The fourth-order valence-electron chi connectivity index (χ4n) is 2.16. The van der Waals surface area contributed by atoms with Gasteiger partial charge in [0, 0.05) is 5.69 Å². The third-order valence-corrected chi connectivity index (χ3v) is 3.43. The summed E-state index contributed by atoms with van der Waals surface area (Å²) >= 11 is 4.56. The summed E-state index contributed by atoms with van der Waals surface area (Å²) in [4.78, 5) is 3.99. The molecule has 116 valence electrons. The molecular formula is C19H24N2S. The Morgan fingerprint density at radius 2 is 1.36 bits per heavy atom. The van der Waals surface area contributed by atoms with E-state index in [0.29, 0.717) is 11.8 Å². The highest BCUT2D eigenvalue weighted by molar-refractivity contribution is 7.78. The van der Waals surface area contributed by atoms with Crippen LogP contribution in [0.4, 0.5) is 11.4 Å². The lowest BCUT2D eigenvalue weighted by molar-refractivity contribution is 0.867. The molecule has 0 atom stereocenters. The number of hydrogen-bond acceptors (Lipinski definition) is 3. The summed E-state index contributed by atoms with van der Waals surface area (Å²) in [5.41, 5.74) is 10.0. The number of para-hydroxylation sites is 2. The van der Waals surface area contributed by atoms with Crippen LogP contribution in [0.25, 0.3) is 0 Å². The average Bonchev–Trinajstić information content (AvgIpc) is 2.49. The lowest BCUT2D eigenvalue weighted by Gasteiger charge is -2.07. The van der Waals surface area contributed by atoms with Crippen LogP contribution in [-0.4, -0.2) is 5.16 Å². The van der Waals surface area contributed by atoms with Crippen LogP contribution in [0.15, 0.2) is 53.5 Å². The maximum absolute atomic E-state index is 5.72. The zero-order valence-corrected chi connectivity index (χ0v) is 14.5. The molecular weight excluding hydrogens is 288 g/mol. The summed E-state index contributed by atoms with van der Waals surface area (Å²) in [5, 5.41) is 2.39. The second kappa shape index (κ2) is 9.14. The van der Waals surface area contributed by atoms with E-state index in [2.05, 4.69) is 62.2 Å². The van der Waals surface area contributed by atoms with Crippen LogP contribution in [-0.2, 0) is 0 Å². The number of rotatable bonds is 3. The van der Waals surface area contributed by atoms with Gasteiger partial charge in [-0.15, -0.1) is 0 Å². The molecule has 2 aromatic rings. The molecule has 0 heterocycles. The normalized spacial score (nSPS) is 9.91. The van der Waals surface area contributed by atoms with Gasteiger partial charge in [0.15, 0.2) is 0 Å². The van der Waals surface area contributed by atoms with Crippen LogP contribution in [0.3, 0.4) is 0 Å². The molecule has 0 aromatic heterocycles. The zero-order valence-electron chi connectivity index (χ0n) is 13.7. The Morgan fingerprint density at radius 3 is 1.82 bits per heavy atom. The van der Waals surface area contributed by atoms with Gasteiger partial charge >= 0.3 is 0 Å². The van der Waals surface area contributed by atoms with Gasteiger partial charge in [0.25, 0.3) is 0 Å². The largest absolute Gasteiger partial charge is 0.398 e. The standard InChI is InChI=1S/C10H11NS.C9H13N/c1-8(2)9-5-3-4-6-10(9)11-7-12;1-7(2)8-5-3-4-6-9(8)10/h3-6,8H,1-2H3;3-7H,10H2,1-2H3. The van der Waals surface area contributed by atoms with Crippen molar-refractivity contribution in [3.63, 3.8) is 0 Å². The first kappa shape index (κ1) is 18.1. The molecule has 0 aliphatic carbocycles. The summed E-state index contributed by atoms with van der Waals surface area (Å²) in [6.45, 7) is 8.56. The van der Waals surface area contributed by atoms with Crippen molar-refractivity contribution in [2.24, 2.45) is 4.99 Å². The van der Waals surface area contributed by atoms with Crippen molar-refractivity contribution in [3.8, 4) is 0 Å². The van der Waals surface area contributed by atoms with Crippen LogP contribution >= 0.6 is 12.2 Å². The van der Waals surface area contributed by atoms with Gasteiger partial charge in [-0.1, -0.05) is 64.1 Å². The number of nitrogens with two attached hydrogens (primary N) is 1. The molecule has 0 radical (unpaired) electrons. The molecule has 3 heteroatoms. The first-order valence-corrected chi connectivity index (χ1v) is 7.89. The highest BCUT2D eigenvalue weighted by atomic mass is 32.1. The predicted molar refractivity (Wildman–Crippen MR) is 100 cm³/mol. The van der Waals surface area contributed by atoms with E-state index in [1.165, 1.54) is 11.1 Å². The predicted octanol–water partition coefficient (Wildman–Crippen LogP) is 5.94. The Kier molecular flexibility index (Phi) is 7.51. The van der Waals surface area contributed by atoms with Gasteiger partial charge in [-0.3, -0.25) is 0 Å². The van der Waals surface area contributed by atoms with E-state index >= 15 is 0 Å². The van der Waals surface area contributed by atoms with Gasteiger partial charge in [-0.25, -0.2) is 0 Å². The molecule has 0 unspecified atom stereocenters. The van der Waals surface area contributed by atoms with Gasteiger partial charge in [-0.2, -0.15) is 4.99 Å². The molecule has 0 bridgehead atoms. The van der Waals surface area contributed by atoms with E-state index in [1.807, 2.05) is 36.4 Å². The SMILES string of the molecule is CC(C)c1ccccc1N.CC(C)c1ccccc1N=C=S. The fraction of sp³-hybridized carbons (Fsp3) is 0.316. The number of thiocarbonyl (C=S) groups is 1. The van der Waals surface area contributed by atoms with Crippen molar-refractivity contribution in [1.29, 1.82) is 0 Å². The van der Waals surface area contributed by atoms with E-state index in [0.717, 1.165) is 11.4 Å². The summed E-state index contributed by atoms with van der Waals surface area (Å²) < 4.78 is 0. The monoisotopic (exact) mass is 312 g/mol. The molecule has 0 spiro atoms. The number of aliphatic imine (C=N–C) groups is 1. The van der Waals surface area contributed by atoms with Crippen LogP contribution in [0.1, 0.15) is 50.7 Å². The maximum atomic E-state index is 5.72. The van der Waals surface area contributed by atoms with E-state index in [-0.39, 0.29) is 0 Å². The van der Waals surface area contributed by atoms with Crippen molar-refractivity contribution >= 4 is 28.8 Å². The summed E-state index contributed by atoms with van der Waals surface area (Å²) in [5.74, 6) is 1.01. The minimum absolute atomic E-state index is 0.480. The van der Waals surface area contributed by atoms with Gasteiger partial charge in [-0.05, 0) is 47.3 Å². The molecule has 22 heavy (non-hydrogen) atoms. The van der Waals surface area contributed by atoms with Crippen LogP contribution < -0.4 is 5.73 Å². The van der Waals surface area contributed by atoms with E-state index in [4.69, 9.17) is 5.73 Å². The highest BCUT2D eigenvalue weighted by Gasteiger charge is 2.03. The Balaban J connectivity index is 0.000000224. The third kappa shape index (κ3) is 5.44. The van der Waals surface area contributed by atoms with Gasteiger partial charge in [0.2, 0.25) is 0 Å². The van der Waals surface area contributed by atoms with Crippen molar-refractivity contribution in [3.05, 3.63) is 59.7 Å². The second-order valence-corrected chi connectivity index (χ2v) is 5.88. The fourth-order valence-corrected chi connectivity index (χ4v) is 2.26. The molecule has 0 aliphatic rings. The number of hydrogen-bond donors (Lipinski definition) is 1. The number of benzene rings is 2. The van der Waals surface area contributed by atoms with Crippen LogP contribution in [0, 0.1) is 0 Å². The molecule has 0 amide bonds. The van der Waals surface area contributed by atoms with Gasteiger partial charge < -0.3 is 5.73 Å². The number of nitrogens with zero attached hydrogens (tertiary/aromatic N) is 1. The van der Waals surface area contributed by atoms with Crippen LogP contribution in [0.2, 0.25) is 0 Å². The average molecular weight is 312 g/mol. The quantitative estimate of drug-likeness (QED) is 0.433.